The molecule has 0 radical (unpaired) electrons. The van der Waals surface area contributed by atoms with Gasteiger partial charge in [-0.2, -0.15) is 0 Å². The summed E-state index contributed by atoms with van der Waals surface area (Å²) in [7, 11) is 0. The molecule has 2 aliphatic heterocycles. The third kappa shape index (κ3) is 4.90. The van der Waals surface area contributed by atoms with Crippen LogP contribution in [0.5, 0.6) is 5.75 Å². The summed E-state index contributed by atoms with van der Waals surface area (Å²) in [5, 5.41) is 3.25. The number of anilines is 2. The second kappa shape index (κ2) is 9.69. The Morgan fingerprint density at radius 2 is 1.45 bits per heavy atom. The molecule has 1 fully saturated rings. The van der Waals surface area contributed by atoms with Crippen LogP contribution in [0.2, 0.25) is 0 Å². The second-order valence-corrected chi connectivity index (χ2v) is 9.23. The summed E-state index contributed by atoms with van der Waals surface area (Å²) in [5.74, 6) is 0.155. The molecule has 2 aromatic carbocycles. The summed E-state index contributed by atoms with van der Waals surface area (Å²) >= 11 is 0. The van der Waals surface area contributed by atoms with Crippen molar-refractivity contribution in [3.63, 3.8) is 0 Å². The van der Waals surface area contributed by atoms with Gasteiger partial charge >= 0.3 is 0 Å². The summed E-state index contributed by atoms with van der Waals surface area (Å²) in [5.41, 5.74) is 3.38. The lowest BCUT2D eigenvalue weighted by Crippen LogP contribution is -2.38. The molecule has 6 heteroatoms. The molecule has 0 atom stereocenters. The molecule has 33 heavy (non-hydrogen) atoms. The first-order chi connectivity index (χ1) is 15.8. The number of carbonyl (C=O) groups excluding carboxylic acids is 2. The summed E-state index contributed by atoms with van der Waals surface area (Å²) in [6.45, 7) is 9.79. The highest BCUT2D eigenvalue weighted by Crippen LogP contribution is 2.33. The Kier molecular flexibility index (Phi) is 6.72. The second-order valence-electron chi connectivity index (χ2n) is 9.23. The lowest BCUT2D eigenvalue weighted by Gasteiger charge is -2.28. The van der Waals surface area contributed by atoms with Crippen molar-refractivity contribution in [2.75, 3.05) is 23.3 Å². The van der Waals surface area contributed by atoms with E-state index in [1.165, 1.54) is 29.8 Å². The van der Waals surface area contributed by atoms with Gasteiger partial charge in [-0.15, -0.1) is 0 Å². The average molecular weight is 448 g/mol. The molecule has 0 aromatic heterocycles. The van der Waals surface area contributed by atoms with Gasteiger partial charge in [0.05, 0.1) is 11.7 Å². The minimum atomic E-state index is -0.299. The van der Waals surface area contributed by atoms with Crippen molar-refractivity contribution in [3.05, 3.63) is 59.8 Å². The lowest BCUT2D eigenvalue weighted by molar-refractivity contribution is -0.138. The Morgan fingerprint density at radius 3 is 2.03 bits per heavy atom. The van der Waals surface area contributed by atoms with Crippen molar-refractivity contribution < 1.29 is 14.3 Å². The Bertz CT molecular complexity index is 1030. The number of ether oxygens (including phenoxy) is 1. The van der Waals surface area contributed by atoms with Crippen molar-refractivity contribution in [1.29, 1.82) is 0 Å². The van der Waals surface area contributed by atoms with E-state index in [4.69, 9.17) is 4.74 Å². The van der Waals surface area contributed by atoms with Crippen LogP contribution in [-0.4, -0.2) is 41.9 Å². The van der Waals surface area contributed by atoms with Crippen LogP contribution in [0, 0.1) is 0 Å². The minimum absolute atomic E-state index is 0.0614. The van der Waals surface area contributed by atoms with Gasteiger partial charge in [0.25, 0.3) is 11.8 Å². The average Bonchev–Trinajstić information content (AvgIpc) is 3.04. The van der Waals surface area contributed by atoms with Gasteiger partial charge in [-0.3, -0.25) is 14.5 Å². The van der Waals surface area contributed by atoms with Crippen LogP contribution in [0.3, 0.4) is 0 Å². The summed E-state index contributed by atoms with van der Waals surface area (Å²) in [6.07, 6.45) is 3.80. The highest BCUT2D eigenvalue weighted by atomic mass is 16.5. The van der Waals surface area contributed by atoms with Crippen LogP contribution in [0.1, 0.15) is 52.5 Å². The number of benzene rings is 2. The van der Waals surface area contributed by atoms with E-state index in [-0.39, 0.29) is 24.0 Å². The van der Waals surface area contributed by atoms with Crippen molar-refractivity contribution in [2.45, 2.75) is 59.1 Å². The van der Waals surface area contributed by atoms with E-state index in [1.54, 1.807) is 0 Å². The largest absolute Gasteiger partial charge is 0.491 e. The van der Waals surface area contributed by atoms with Gasteiger partial charge in [0, 0.05) is 30.5 Å². The highest BCUT2D eigenvalue weighted by Gasteiger charge is 2.40. The van der Waals surface area contributed by atoms with Gasteiger partial charge in [-0.05, 0) is 88.9 Å². The molecular formula is C27H33N3O3. The zero-order valence-corrected chi connectivity index (χ0v) is 19.9. The molecule has 6 nitrogen and oxygen atoms in total. The van der Waals surface area contributed by atoms with E-state index in [9.17, 15) is 9.59 Å². The number of rotatable bonds is 7. The molecular weight excluding hydrogens is 414 g/mol. The van der Waals surface area contributed by atoms with Crippen LogP contribution in [0.4, 0.5) is 11.4 Å². The number of carbonyl (C=O) groups is 2. The van der Waals surface area contributed by atoms with Gasteiger partial charge in [0.15, 0.2) is 0 Å². The van der Waals surface area contributed by atoms with Crippen LogP contribution >= 0.6 is 0 Å². The molecule has 1 N–H and O–H groups in total. The number of nitrogens with zero attached hydrogens (tertiary/aromatic N) is 2. The molecule has 174 valence electrons. The van der Waals surface area contributed by atoms with Gasteiger partial charge in [-0.25, -0.2) is 0 Å². The zero-order chi connectivity index (χ0) is 23.5. The number of piperidine rings is 1. The van der Waals surface area contributed by atoms with Crippen molar-refractivity contribution >= 4 is 28.8 Å². The SMILES string of the molecule is CC(C)Oc1ccc(C2=C(Nc3ccc(N4CCCCC4)cc3)C(=O)N(C(C)C)C2=O)cc1. The van der Waals surface area contributed by atoms with Crippen molar-refractivity contribution in [3.8, 4) is 5.75 Å². The fraction of sp³-hybridized carbons (Fsp3) is 0.407. The van der Waals surface area contributed by atoms with E-state index < -0.39 is 0 Å². The van der Waals surface area contributed by atoms with Crippen LogP contribution in [0.15, 0.2) is 54.2 Å². The first-order valence-electron chi connectivity index (χ1n) is 11.9. The molecule has 2 heterocycles. The summed E-state index contributed by atoms with van der Waals surface area (Å²) in [4.78, 5) is 30.2. The van der Waals surface area contributed by atoms with E-state index in [1.807, 2.05) is 64.1 Å². The van der Waals surface area contributed by atoms with Crippen LogP contribution in [0.25, 0.3) is 5.57 Å². The first-order valence-corrected chi connectivity index (χ1v) is 11.9. The number of imide groups is 1. The Morgan fingerprint density at radius 1 is 0.818 bits per heavy atom. The Hall–Kier alpha value is -3.28. The first kappa shape index (κ1) is 22.9. The fourth-order valence-corrected chi connectivity index (χ4v) is 4.42. The molecule has 0 saturated carbocycles. The number of amides is 2. The number of nitrogens with one attached hydrogen (secondary N) is 1. The molecule has 0 aliphatic carbocycles. The van der Waals surface area contributed by atoms with Crippen LogP contribution < -0.4 is 15.0 Å². The number of hydrogen-bond acceptors (Lipinski definition) is 5. The Labute approximate surface area is 196 Å². The molecule has 1 saturated heterocycles. The zero-order valence-electron chi connectivity index (χ0n) is 19.9. The molecule has 4 rings (SSSR count). The minimum Gasteiger partial charge on any atom is -0.491 e. The standard InChI is InChI=1S/C27H33N3O3/c1-18(2)30-26(31)24(20-8-14-23(15-9-20)33-19(3)4)25(27(30)32)28-21-10-12-22(13-11-21)29-16-6-5-7-17-29/h8-15,18-19,28H,5-7,16-17H2,1-4H3. The van der Waals surface area contributed by atoms with E-state index in [2.05, 4.69) is 22.3 Å². The van der Waals surface area contributed by atoms with Gasteiger partial charge in [0.1, 0.15) is 11.4 Å². The summed E-state index contributed by atoms with van der Waals surface area (Å²) in [6, 6.07) is 15.2. The maximum absolute atomic E-state index is 13.3. The van der Waals surface area contributed by atoms with E-state index in [0.717, 1.165) is 24.5 Å². The van der Waals surface area contributed by atoms with Gasteiger partial charge in [-0.1, -0.05) is 12.1 Å². The quantitative estimate of drug-likeness (QED) is 0.601. The molecule has 0 unspecified atom stereocenters. The third-order valence-corrected chi connectivity index (χ3v) is 6.00. The predicted molar refractivity (Wildman–Crippen MR) is 132 cm³/mol. The van der Waals surface area contributed by atoms with Crippen molar-refractivity contribution in [2.24, 2.45) is 0 Å². The monoisotopic (exact) mass is 447 g/mol. The van der Waals surface area contributed by atoms with Crippen molar-refractivity contribution in [1.82, 2.24) is 4.90 Å². The molecule has 0 spiro atoms. The molecule has 2 aliphatic rings. The predicted octanol–water partition coefficient (Wildman–Crippen LogP) is 5.06. The van der Waals surface area contributed by atoms with E-state index in [0.29, 0.717) is 16.8 Å². The molecule has 0 bridgehead atoms. The highest BCUT2D eigenvalue weighted by molar-refractivity contribution is 6.36. The lowest BCUT2D eigenvalue weighted by atomic mass is 10.0. The maximum atomic E-state index is 13.3. The van der Waals surface area contributed by atoms with Crippen LogP contribution in [-0.2, 0) is 9.59 Å². The van der Waals surface area contributed by atoms with Gasteiger partial charge < -0.3 is 15.0 Å². The smallest absolute Gasteiger partial charge is 0.278 e. The van der Waals surface area contributed by atoms with Gasteiger partial charge in [0.2, 0.25) is 0 Å². The fourth-order valence-electron chi connectivity index (χ4n) is 4.42. The Balaban J connectivity index is 1.63. The molecule has 2 aromatic rings. The summed E-state index contributed by atoms with van der Waals surface area (Å²) < 4.78 is 5.72. The third-order valence-electron chi connectivity index (χ3n) is 6.00. The topological polar surface area (TPSA) is 61.9 Å². The van der Waals surface area contributed by atoms with E-state index >= 15 is 0 Å². The molecule has 2 amide bonds. The normalized spacial score (nSPS) is 16.9. The number of hydrogen-bond donors (Lipinski definition) is 1. The maximum Gasteiger partial charge on any atom is 0.278 e.